The van der Waals surface area contributed by atoms with Gasteiger partial charge in [0.2, 0.25) is 5.91 Å². The van der Waals surface area contributed by atoms with Crippen molar-refractivity contribution in [3.63, 3.8) is 0 Å². The molecule has 4 fully saturated rings. The molecule has 2 aliphatic carbocycles. The zero-order valence-corrected chi connectivity index (χ0v) is 15.3. The van der Waals surface area contributed by atoms with Crippen LogP contribution in [-0.4, -0.2) is 42.8 Å². The number of hydrogen-bond donors (Lipinski definition) is 4. The monoisotopic (exact) mass is 352 g/mol. The van der Waals surface area contributed by atoms with Crippen molar-refractivity contribution >= 4 is 5.91 Å². The number of alkyl halides is 1. The summed E-state index contributed by atoms with van der Waals surface area (Å²) in [6, 6.07) is 0.782. The first-order valence-corrected chi connectivity index (χ1v) is 10.3. The van der Waals surface area contributed by atoms with Crippen molar-refractivity contribution in [1.82, 2.24) is 21.5 Å². The molecule has 8 unspecified atom stereocenters. The second-order valence-electron chi connectivity index (χ2n) is 8.81. The number of amides is 1. The minimum absolute atomic E-state index is 0.0207. The van der Waals surface area contributed by atoms with E-state index in [2.05, 4.69) is 28.4 Å². The molecule has 2 heterocycles. The van der Waals surface area contributed by atoms with E-state index in [1.165, 1.54) is 19.3 Å². The third-order valence-electron chi connectivity index (χ3n) is 7.15. The van der Waals surface area contributed by atoms with Gasteiger partial charge < -0.3 is 10.6 Å². The summed E-state index contributed by atoms with van der Waals surface area (Å²) >= 11 is 0. The maximum Gasteiger partial charge on any atom is 0.237 e. The van der Waals surface area contributed by atoms with E-state index >= 15 is 0 Å². The van der Waals surface area contributed by atoms with Crippen molar-refractivity contribution in [2.24, 2.45) is 17.8 Å². The smallest absolute Gasteiger partial charge is 0.237 e. The molecule has 0 bridgehead atoms. The zero-order valence-electron chi connectivity index (χ0n) is 15.3. The summed E-state index contributed by atoms with van der Waals surface area (Å²) in [6.07, 6.45) is 7.24. The highest BCUT2D eigenvalue weighted by Gasteiger charge is 2.46. The highest BCUT2D eigenvalue weighted by molar-refractivity contribution is 5.82. The Hall–Kier alpha value is -0.720. The highest BCUT2D eigenvalue weighted by Crippen LogP contribution is 2.38. The first-order chi connectivity index (χ1) is 12.1. The van der Waals surface area contributed by atoms with E-state index in [0.717, 1.165) is 25.8 Å². The fourth-order valence-electron chi connectivity index (χ4n) is 5.68. The Kier molecular flexibility index (Phi) is 5.30. The van der Waals surface area contributed by atoms with E-state index in [0.29, 0.717) is 30.7 Å². The number of carbonyl (C=O) groups excluding carboxylic acids is 1. The van der Waals surface area contributed by atoms with Gasteiger partial charge in [-0.05, 0) is 56.8 Å². The van der Waals surface area contributed by atoms with Gasteiger partial charge in [-0.2, -0.15) is 0 Å². The fraction of sp³-hybridized carbons (Fsp3) is 0.947. The van der Waals surface area contributed by atoms with Gasteiger partial charge in [-0.3, -0.25) is 15.6 Å². The molecule has 2 saturated carbocycles. The molecule has 8 atom stereocenters. The van der Waals surface area contributed by atoms with Crippen molar-refractivity contribution < 1.29 is 9.18 Å². The molecule has 25 heavy (non-hydrogen) atoms. The van der Waals surface area contributed by atoms with E-state index in [9.17, 15) is 9.18 Å². The zero-order chi connectivity index (χ0) is 17.4. The number of carbonyl (C=O) groups is 1. The molecule has 142 valence electrons. The lowest BCUT2D eigenvalue weighted by molar-refractivity contribution is -0.124. The Morgan fingerprint density at radius 2 is 2.00 bits per heavy atom. The topological polar surface area (TPSA) is 65.2 Å². The van der Waals surface area contributed by atoms with Crippen molar-refractivity contribution in [2.75, 3.05) is 6.54 Å². The largest absolute Gasteiger partial charge is 0.352 e. The maximum atomic E-state index is 14.2. The normalized spacial score (nSPS) is 47.4. The molecule has 4 N–H and O–H groups in total. The van der Waals surface area contributed by atoms with Gasteiger partial charge >= 0.3 is 0 Å². The number of hydrazine groups is 1. The second-order valence-corrected chi connectivity index (χ2v) is 8.81. The summed E-state index contributed by atoms with van der Waals surface area (Å²) in [4.78, 5) is 12.8. The van der Waals surface area contributed by atoms with Gasteiger partial charge in [0.05, 0.1) is 6.04 Å². The number of nitrogens with one attached hydrogen (secondary N) is 4. The number of hydrogen-bond acceptors (Lipinski definition) is 4. The van der Waals surface area contributed by atoms with E-state index in [4.69, 9.17) is 0 Å². The number of halogens is 1. The molecule has 0 spiro atoms. The van der Waals surface area contributed by atoms with Gasteiger partial charge in [-0.15, -0.1) is 0 Å². The minimum atomic E-state index is -0.744. The third-order valence-corrected chi connectivity index (χ3v) is 7.15. The molecule has 4 rings (SSSR count). The van der Waals surface area contributed by atoms with Gasteiger partial charge in [0.1, 0.15) is 6.17 Å². The average Bonchev–Trinajstić information content (AvgIpc) is 3.28. The van der Waals surface area contributed by atoms with Crippen LogP contribution in [0.2, 0.25) is 0 Å². The van der Waals surface area contributed by atoms with Crippen LogP contribution in [0.3, 0.4) is 0 Å². The molecule has 4 aliphatic rings. The molecule has 6 heteroatoms. The van der Waals surface area contributed by atoms with Gasteiger partial charge in [0.25, 0.3) is 0 Å². The van der Waals surface area contributed by atoms with Crippen LogP contribution in [-0.2, 0) is 4.79 Å². The Morgan fingerprint density at radius 3 is 2.76 bits per heavy atom. The third kappa shape index (κ3) is 3.71. The lowest BCUT2D eigenvalue weighted by Crippen LogP contribution is -2.50. The van der Waals surface area contributed by atoms with E-state index in [-0.39, 0.29) is 30.0 Å². The molecule has 0 aromatic rings. The first kappa shape index (κ1) is 17.7. The van der Waals surface area contributed by atoms with Crippen molar-refractivity contribution in [1.29, 1.82) is 0 Å². The summed E-state index contributed by atoms with van der Waals surface area (Å²) in [5.74, 6) is 1.22. The van der Waals surface area contributed by atoms with Crippen LogP contribution in [0.4, 0.5) is 4.39 Å². The summed E-state index contributed by atoms with van der Waals surface area (Å²) in [6.45, 7) is 3.22. The molecular formula is C19H33FN4O. The lowest BCUT2D eigenvalue weighted by Gasteiger charge is -2.34. The Morgan fingerprint density at radius 1 is 1.12 bits per heavy atom. The predicted molar refractivity (Wildman–Crippen MR) is 95.5 cm³/mol. The molecule has 2 saturated heterocycles. The fourth-order valence-corrected chi connectivity index (χ4v) is 5.68. The summed E-state index contributed by atoms with van der Waals surface area (Å²) in [7, 11) is 0. The van der Waals surface area contributed by atoms with Crippen LogP contribution in [0.25, 0.3) is 0 Å². The molecular weight excluding hydrogens is 319 g/mol. The van der Waals surface area contributed by atoms with Gasteiger partial charge in [-0.1, -0.05) is 13.3 Å². The van der Waals surface area contributed by atoms with Crippen LogP contribution in [0.5, 0.6) is 0 Å². The van der Waals surface area contributed by atoms with Crippen molar-refractivity contribution in [2.45, 2.75) is 88.6 Å². The lowest BCUT2D eigenvalue weighted by atomic mass is 9.77. The first-order valence-electron chi connectivity index (χ1n) is 10.3. The quantitative estimate of drug-likeness (QED) is 0.624. The average molecular weight is 352 g/mol. The Labute approximate surface area is 150 Å². The number of fused-ring (bicyclic) bond motifs is 1. The van der Waals surface area contributed by atoms with E-state index in [1.54, 1.807) is 0 Å². The molecule has 2 aliphatic heterocycles. The predicted octanol–water partition coefficient (Wildman–Crippen LogP) is 1.64. The summed E-state index contributed by atoms with van der Waals surface area (Å²) in [5.41, 5.74) is 6.61. The Balaban J connectivity index is 1.31. The summed E-state index contributed by atoms with van der Waals surface area (Å²) < 4.78 is 14.2. The van der Waals surface area contributed by atoms with Gasteiger partial charge in [0, 0.05) is 30.6 Å². The maximum absolute atomic E-state index is 14.2. The van der Waals surface area contributed by atoms with E-state index in [1.807, 2.05) is 0 Å². The minimum Gasteiger partial charge on any atom is -0.352 e. The summed E-state index contributed by atoms with van der Waals surface area (Å²) in [5, 5.41) is 6.74. The molecule has 1 amide bonds. The van der Waals surface area contributed by atoms with Crippen LogP contribution in [0.15, 0.2) is 0 Å². The second kappa shape index (κ2) is 7.49. The highest BCUT2D eigenvalue weighted by atomic mass is 19.1. The SMILES string of the molecule is CC1CCC(F)C2CC(C(=O)NC3CCCC(C4CCNN4)C3)NC12. The molecule has 0 radical (unpaired) electrons. The van der Waals surface area contributed by atoms with Gasteiger partial charge in [0.15, 0.2) is 0 Å². The van der Waals surface area contributed by atoms with Crippen LogP contribution < -0.4 is 21.5 Å². The molecule has 0 aromatic carbocycles. The standard InChI is InChI=1S/C19H33FN4O/c1-11-5-6-15(20)14-10-17(23-18(11)14)19(25)22-13-4-2-3-12(9-13)16-7-8-21-24-16/h11-18,21,23-24H,2-10H2,1H3,(H,22,25). The van der Waals surface area contributed by atoms with Crippen molar-refractivity contribution in [3.05, 3.63) is 0 Å². The molecule has 0 aromatic heterocycles. The van der Waals surface area contributed by atoms with Crippen LogP contribution >= 0.6 is 0 Å². The van der Waals surface area contributed by atoms with Crippen LogP contribution in [0, 0.1) is 17.8 Å². The van der Waals surface area contributed by atoms with E-state index < -0.39 is 6.17 Å². The van der Waals surface area contributed by atoms with Gasteiger partial charge in [-0.25, -0.2) is 4.39 Å². The van der Waals surface area contributed by atoms with Crippen molar-refractivity contribution in [3.8, 4) is 0 Å². The number of rotatable bonds is 3. The Bertz CT molecular complexity index is 466. The van der Waals surface area contributed by atoms with Crippen LogP contribution in [0.1, 0.15) is 58.3 Å². The molecule has 5 nitrogen and oxygen atoms in total.